The molecule has 0 fully saturated rings. The molecule has 0 N–H and O–H groups in total. The minimum atomic E-state index is 1.20. The van der Waals surface area contributed by atoms with E-state index in [1.807, 2.05) is 0 Å². The highest BCUT2D eigenvalue weighted by Crippen LogP contribution is 2.15. The molecule has 0 aromatic carbocycles. The van der Waals surface area contributed by atoms with Crippen LogP contribution in [0.25, 0.3) is 0 Å². The molecule has 0 aliphatic heterocycles. The standard InChI is InChI=1S/C34H67N2/c1-4-7-10-12-14-16-18-19-20-21-23-25-27-29-34-35(30-9-6-3)32-33-36(34)31-28-26-24-22-17-15-13-11-8-5-2/h32-33H,4-31H2,1-3H3/q+1. The highest BCUT2D eigenvalue weighted by atomic mass is 15.1. The molecule has 212 valence electrons. The van der Waals surface area contributed by atoms with Crippen molar-refractivity contribution in [3.63, 3.8) is 0 Å². The zero-order valence-electron chi connectivity index (χ0n) is 25.3. The molecule has 1 rings (SSSR count). The van der Waals surface area contributed by atoms with Crippen molar-refractivity contribution < 1.29 is 4.57 Å². The molecule has 2 heteroatoms. The maximum Gasteiger partial charge on any atom is 0.256 e. The first-order valence-corrected chi connectivity index (χ1v) is 16.9. The van der Waals surface area contributed by atoms with E-state index in [0.717, 1.165) is 0 Å². The number of hydrogen-bond acceptors (Lipinski definition) is 0. The van der Waals surface area contributed by atoms with Gasteiger partial charge in [-0.2, -0.15) is 0 Å². The molecular formula is C34H67N2+. The highest BCUT2D eigenvalue weighted by Gasteiger charge is 2.16. The highest BCUT2D eigenvalue weighted by molar-refractivity contribution is 4.84. The van der Waals surface area contributed by atoms with Crippen molar-refractivity contribution in [2.75, 3.05) is 0 Å². The zero-order valence-corrected chi connectivity index (χ0v) is 25.3. The van der Waals surface area contributed by atoms with Crippen LogP contribution < -0.4 is 4.57 Å². The van der Waals surface area contributed by atoms with Crippen LogP contribution in [0, 0.1) is 0 Å². The molecule has 0 unspecified atom stereocenters. The third kappa shape index (κ3) is 18.5. The maximum absolute atomic E-state index is 2.60. The number of aryl methyl sites for hydroxylation is 2. The normalized spacial score (nSPS) is 11.5. The predicted molar refractivity (Wildman–Crippen MR) is 161 cm³/mol. The Balaban J connectivity index is 2.15. The van der Waals surface area contributed by atoms with Crippen LogP contribution in [0.1, 0.15) is 187 Å². The summed E-state index contributed by atoms with van der Waals surface area (Å²) in [5, 5.41) is 0. The average Bonchev–Trinajstić information content (AvgIpc) is 3.27. The molecule has 1 aromatic rings. The van der Waals surface area contributed by atoms with Gasteiger partial charge in [-0.3, -0.25) is 0 Å². The van der Waals surface area contributed by atoms with Gasteiger partial charge in [-0.15, -0.1) is 0 Å². The number of unbranched alkanes of at least 4 members (excludes halogenated alkanes) is 22. The molecule has 0 aliphatic rings. The van der Waals surface area contributed by atoms with E-state index < -0.39 is 0 Å². The minimum absolute atomic E-state index is 1.20. The molecular weight excluding hydrogens is 436 g/mol. The van der Waals surface area contributed by atoms with E-state index in [0.29, 0.717) is 0 Å². The van der Waals surface area contributed by atoms with Gasteiger partial charge in [0.05, 0.1) is 13.1 Å². The van der Waals surface area contributed by atoms with Gasteiger partial charge in [0, 0.05) is 6.42 Å². The molecule has 0 spiro atoms. The lowest BCUT2D eigenvalue weighted by Crippen LogP contribution is -2.37. The Morgan fingerprint density at radius 1 is 0.472 bits per heavy atom. The number of nitrogens with zero attached hydrogens (tertiary/aromatic N) is 2. The van der Waals surface area contributed by atoms with Crippen LogP contribution in [0.5, 0.6) is 0 Å². The van der Waals surface area contributed by atoms with Gasteiger partial charge in [0.1, 0.15) is 12.4 Å². The van der Waals surface area contributed by atoms with E-state index >= 15 is 0 Å². The molecule has 1 heterocycles. The van der Waals surface area contributed by atoms with Crippen molar-refractivity contribution in [3.05, 3.63) is 18.2 Å². The van der Waals surface area contributed by atoms with Gasteiger partial charge in [0.25, 0.3) is 5.82 Å². The Morgan fingerprint density at radius 2 is 0.861 bits per heavy atom. The summed E-state index contributed by atoms with van der Waals surface area (Å²) < 4.78 is 5.17. The average molecular weight is 504 g/mol. The van der Waals surface area contributed by atoms with E-state index in [4.69, 9.17) is 0 Å². The molecule has 0 atom stereocenters. The monoisotopic (exact) mass is 504 g/mol. The fraction of sp³-hybridized carbons (Fsp3) is 0.912. The molecule has 0 saturated carbocycles. The summed E-state index contributed by atoms with van der Waals surface area (Å²) >= 11 is 0. The Labute approximate surface area is 228 Å². The molecule has 0 bridgehead atoms. The van der Waals surface area contributed by atoms with Gasteiger partial charge < -0.3 is 0 Å². The summed E-state index contributed by atoms with van der Waals surface area (Å²) in [5.41, 5.74) is 0. The van der Waals surface area contributed by atoms with Crippen molar-refractivity contribution in [1.82, 2.24) is 4.57 Å². The van der Waals surface area contributed by atoms with Crippen molar-refractivity contribution >= 4 is 0 Å². The van der Waals surface area contributed by atoms with Gasteiger partial charge in [-0.1, -0.05) is 156 Å². The number of imidazole rings is 1. The van der Waals surface area contributed by atoms with E-state index in [1.54, 1.807) is 5.82 Å². The summed E-state index contributed by atoms with van der Waals surface area (Å²) in [4.78, 5) is 0. The maximum atomic E-state index is 2.60. The van der Waals surface area contributed by atoms with Crippen LogP contribution in [0.15, 0.2) is 12.4 Å². The Hall–Kier alpha value is -0.790. The second-order valence-electron chi connectivity index (χ2n) is 11.6. The van der Waals surface area contributed by atoms with Crippen LogP contribution >= 0.6 is 0 Å². The van der Waals surface area contributed by atoms with Gasteiger partial charge in [-0.05, 0) is 25.7 Å². The summed E-state index contributed by atoms with van der Waals surface area (Å²) in [6.45, 7) is 9.36. The first kappa shape index (κ1) is 33.2. The molecule has 1 aromatic heterocycles. The fourth-order valence-electron chi connectivity index (χ4n) is 5.59. The van der Waals surface area contributed by atoms with E-state index in [-0.39, 0.29) is 0 Å². The third-order valence-electron chi connectivity index (χ3n) is 8.10. The van der Waals surface area contributed by atoms with E-state index in [2.05, 4.69) is 42.3 Å². The zero-order chi connectivity index (χ0) is 25.9. The van der Waals surface area contributed by atoms with Crippen LogP contribution in [-0.4, -0.2) is 4.57 Å². The largest absolute Gasteiger partial charge is 0.256 e. The molecule has 0 aliphatic carbocycles. The Morgan fingerprint density at radius 3 is 1.31 bits per heavy atom. The first-order valence-electron chi connectivity index (χ1n) is 16.9. The molecule has 36 heavy (non-hydrogen) atoms. The lowest BCUT2D eigenvalue weighted by molar-refractivity contribution is -0.704. The lowest BCUT2D eigenvalue weighted by atomic mass is 10.0. The molecule has 0 amide bonds. The van der Waals surface area contributed by atoms with Gasteiger partial charge >= 0.3 is 0 Å². The number of rotatable bonds is 28. The van der Waals surface area contributed by atoms with Crippen molar-refractivity contribution in [3.8, 4) is 0 Å². The van der Waals surface area contributed by atoms with Gasteiger partial charge in [0.15, 0.2) is 0 Å². The quantitative estimate of drug-likeness (QED) is 0.0794. The smallest absolute Gasteiger partial charge is 0.234 e. The van der Waals surface area contributed by atoms with E-state index in [1.165, 1.54) is 180 Å². The van der Waals surface area contributed by atoms with Gasteiger partial charge in [-0.25, -0.2) is 9.13 Å². The second kappa shape index (κ2) is 25.8. The molecule has 0 radical (unpaired) electrons. The van der Waals surface area contributed by atoms with E-state index in [9.17, 15) is 0 Å². The second-order valence-corrected chi connectivity index (χ2v) is 11.6. The minimum Gasteiger partial charge on any atom is -0.234 e. The molecule has 0 saturated heterocycles. The summed E-state index contributed by atoms with van der Waals surface area (Å²) in [6, 6.07) is 0. The van der Waals surface area contributed by atoms with Crippen molar-refractivity contribution in [2.45, 2.75) is 201 Å². The summed E-state index contributed by atoms with van der Waals surface area (Å²) in [7, 11) is 0. The SMILES string of the molecule is CCCCCCCCCCCCCCCc1n(CCCCCCCCCCCC)cc[n+]1CCCC. The lowest BCUT2D eigenvalue weighted by Gasteiger charge is -2.07. The summed E-state index contributed by atoms with van der Waals surface area (Å²) in [5.74, 6) is 1.60. The van der Waals surface area contributed by atoms with Crippen molar-refractivity contribution in [2.24, 2.45) is 0 Å². The first-order chi connectivity index (χ1) is 17.8. The molecule has 2 nitrogen and oxygen atoms in total. The van der Waals surface area contributed by atoms with Crippen LogP contribution in [0.2, 0.25) is 0 Å². The topological polar surface area (TPSA) is 8.81 Å². The number of hydrogen-bond donors (Lipinski definition) is 0. The Bertz CT molecular complexity index is 562. The van der Waals surface area contributed by atoms with Crippen LogP contribution in [0.3, 0.4) is 0 Å². The summed E-state index contributed by atoms with van der Waals surface area (Å²) in [6.07, 6.45) is 41.5. The van der Waals surface area contributed by atoms with Gasteiger partial charge in [0.2, 0.25) is 0 Å². The van der Waals surface area contributed by atoms with Crippen molar-refractivity contribution in [1.29, 1.82) is 0 Å². The predicted octanol–water partition coefficient (Wildman–Crippen LogP) is 11.1. The Kier molecular flexibility index (Phi) is 23.9. The fourth-order valence-corrected chi connectivity index (χ4v) is 5.59. The number of aromatic nitrogens is 2. The van der Waals surface area contributed by atoms with Crippen LogP contribution in [-0.2, 0) is 19.5 Å². The third-order valence-corrected chi connectivity index (χ3v) is 8.10. The van der Waals surface area contributed by atoms with Crippen LogP contribution in [0.4, 0.5) is 0 Å².